The quantitative estimate of drug-likeness (QED) is 0.743. The number of hydrogen-bond acceptors (Lipinski definition) is 3. The summed E-state index contributed by atoms with van der Waals surface area (Å²) in [6, 6.07) is 3.02. The molecule has 0 aliphatic carbocycles. The molecule has 1 fully saturated rings. The number of nitrogens with zero attached hydrogens (tertiary/aromatic N) is 1. The number of nitrogens with one attached hydrogen (secondary N) is 2. The van der Waals surface area contributed by atoms with Gasteiger partial charge >= 0.3 is 0 Å². The first-order valence-electron chi connectivity index (χ1n) is 5.38. The number of carbonyl (C=O) groups excluding carboxylic acids is 1. The average Bonchev–Trinajstić information content (AvgIpc) is 2.77. The summed E-state index contributed by atoms with van der Waals surface area (Å²) in [6.45, 7) is 0.884. The van der Waals surface area contributed by atoms with Crippen LogP contribution in [0.1, 0.15) is 12.8 Å². The summed E-state index contributed by atoms with van der Waals surface area (Å²) < 4.78 is 1.46. The maximum atomic E-state index is 11.7. The van der Waals surface area contributed by atoms with Crippen LogP contribution in [0.15, 0.2) is 23.1 Å². The highest BCUT2D eigenvalue weighted by Gasteiger charge is 2.21. The number of anilines is 1. The number of aromatic nitrogens is 1. The summed E-state index contributed by atoms with van der Waals surface area (Å²) in [4.78, 5) is 23.1. The molecule has 0 unspecified atom stereocenters. The lowest BCUT2D eigenvalue weighted by Crippen LogP contribution is -2.35. The molecule has 2 rings (SSSR count). The van der Waals surface area contributed by atoms with Crippen molar-refractivity contribution in [2.75, 3.05) is 11.9 Å². The Hall–Kier alpha value is -1.62. The van der Waals surface area contributed by atoms with Crippen molar-refractivity contribution in [3.8, 4) is 0 Å². The van der Waals surface area contributed by atoms with Gasteiger partial charge in [0, 0.05) is 25.0 Å². The van der Waals surface area contributed by atoms with Gasteiger partial charge in [-0.3, -0.25) is 9.59 Å². The van der Waals surface area contributed by atoms with E-state index in [1.165, 1.54) is 10.6 Å². The van der Waals surface area contributed by atoms with Crippen molar-refractivity contribution in [3.63, 3.8) is 0 Å². The molecule has 16 heavy (non-hydrogen) atoms. The lowest BCUT2D eigenvalue weighted by molar-refractivity contribution is -0.117. The Morgan fingerprint density at radius 3 is 3.06 bits per heavy atom. The molecule has 0 spiro atoms. The largest absolute Gasteiger partial charge is 0.324 e. The normalized spacial score (nSPS) is 19.7. The zero-order valence-electron chi connectivity index (χ0n) is 9.19. The lowest BCUT2D eigenvalue weighted by Gasteiger charge is -2.10. The van der Waals surface area contributed by atoms with Crippen LogP contribution in [-0.4, -0.2) is 23.1 Å². The van der Waals surface area contributed by atoms with Gasteiger partial charge in [0.15, 0.2) is 0 Å². The highest BCUT2D eigenvalue weighted by molar-refractivity contribution is 5.94. The van der Waals surface area contributed by atoms with Crippen LogP contribution < -0.4 is 16.2 Å². The van der Waals surface area contributed by atoms with Crippen LogP contribution in [0.5, 0.6) is 0 Å². The van der Waals surface area contributed by atoms with Gasteiger partial charge in [-0.2, -0.15) is 0 Å². The summed E-state index contributed by atoms with van der Waals surface area (Å²) in [5.74, 6) is -0.0641. The molecular weight excluding hydrogens is 206 g/mol. The van der Waals surface area contributed by atoms with Gasteiger partial charge in [0.2, 0.25) is 5.91 Å². The number of aryl methyl sites for hydroxylation is 1. The van der Waals surface area contributed by atoms with E-state index in [0.29, 0.717) is 5.69 Å². The number of rotatable bonds is 2. The van der Waals surface area contributed by atoms with Crippen LogP contribution in [0.3, 0.4) is 0 Å². The molecule has 2 N–H and O–H groups in total. The van der Waals surface area contributed by atoms with E-state index in [1.54, 1.807) is 19.3 Å². The van der Waals surface area contributed by atoms with E-state index in [9.17, 15) is 9.59 Å². The Morgan fingerprint density at radius 1 is 1.62 bits per heavy atom. The average molecular weight is 221 g/mol. The maximum Gasteiger partial charge on any atom is 0.252 e. The van der Waals surface area contributed by atoms with Crippen LogP contribution in [0.4, 0.5) is 5.69 Å². The molecule has 86 valence electrons. The van der Waals surface area contributed by atoms with Gasteiger partial charge in [-0.05, 0) is 25.5 Å². The van der Waals surface area contributed by atoms with Crippen molar-refractivity contribution < 1.29 is 4.79 Å². The molecule has 1 aromatic rings. The first kappa shape index (κ1) is 10.9. The summed E-state index contributed by atoms with van der Waals surface area (Å²) in [5.41, 5.74) is 0.430. The second-order valence-corrected chi connectivity index (χ2v) is 4.00. The van der Waals surface area contributed by atoms with E-state index >= 15 is 0 Å². The Labute approximate surface area is 93.5 Å². The first-order chi connectivity index (χ1) is 7.66. The third-order valence-electron chi connectivity index (χ3n) is 2.75. The summed E-state index contributed by atoms with van der Waals surface area (Å²) >= 11 is 0. The minimum absolute atomic E-state index is 0.0641. The monoisotopic (exact) mass is 221 g/mol. The molecule has 1 aromatic heterocycles. The van der Waals surface area contributed by atoms with Gasteiger partial charge in [0.25, 0.3) is 5.56 Å². The second-order valence-electron chi connectivity index (χ2n) is 4.00. The molecule has 0 bridgehead atoms. The maximum absolute atomic E-state index is 11.7. The van der Waals surface area contributed by atoms with Crippen LogP contribution in [-0.2, 0) is 11.8 Å². The molecule has 1 aliphatic rings. The summed E-state index contributed by atoms with van der Waals surface area (Å²) in [7, 11) is 1.67. The van der Waals surface area contributed by atoms with Crippen LogP contribution in [0.25, 0.3) is 0 Å². The fraction of sp³-hybridized carbons (Fsp3) is 0.455. The number of amides is 1. The predicted octanol–water partition coefficient (Wildman–Crippen LogP) is 0.0758. The molecule has 0 radical (unpaired) electrons. The minimum Gasteiger partial charge on any atom is -0.324 e. The highest BCUT2D eigenvalue weighted by atomic mass is 16.2. The van der Waals surface area contributed by atoms with Crippen molar-refractivity contribution >= 4 is 11.6 Å². The van der Waals surface area contributed by atoms with E-state index in [0.717, 1.165) is 19.4 Å². The van der Waals surface area contributed by atoms with E-state index in [2.05, 4.69) is 10.6 Å². The smallest absolute Gasteiger partial charge is 0.252 e. The first-order valence-corrected chi connectivity index (χ1v) is 5.38. The van der Waals surface area contributed by atoms with Crippen molar-refractivity contribution in [1.82, 2.24) is 9.88 Å². The Kier molecular flexibility index (Phi) is 3.05. The van der Waals surface area contributed by atoms with Crippen molar-refractivity contribution in [3.05, 3.63) is 28.7 Å². The molecular formula is C11H15N3O2. The number of pyridine rings is 1. The predicted molar refractivity (Wildman–Crippen MR) is 61.3 cm³/mol. The fourth-order valence-electron chi connectivity index (χ4n) is 1.76. The topological polar surface area (TPSA) is 63.1 Å². The van der Waals surface area contributed by atoms with Crippen LogP contribution in [0, 0.1) is 0 Å². The number of hydrogen-bond donors (Lipinski definition) is 2. The molecule has 2 heterocycles. The van der Waals surface area contributed by atoms with Gasteiger partial charge in [-0.1, -0.05) is 0 Å². The Bertz CT molecular complexity index is 447. The van der Waals surface area contributed by atoms with Gasteiger partial charge in [0.1, 0.15) is 0 Å². The van der Waals surface area contributed by atoms with Crippen LogP contribution in [0.2, 0.25) is 0 Å². The van der Waals surface area contributed by atoms with E-state index in [-0.39, 0.29) is 17.5 Å². The molecule has 1 saturated heterocycles. The van der Waals surface area contributed by atoms with Crippen molar-refractivity contribution in [2.24, 2.45) is 7.05 Å². The molecule has 0 saturated carbocycles. The zero-order valence-corrected chi connectivity index (χ0v) is 9.19. The van der Waals surface area contributed by atoms with Gasteiger partial charge in [-0.25, -0.2) is 0 Å². The molecule has 0 aromatic carbocycles. The standard InChI is InChI=1S/C11H15N3O2/c1-14-6-4-8(7-10(14)15)13-11(16)9-3-2-5-12-9/h4,6-7,9,12H,2-3,5H2,1H3,(H,13,16)/t9-/m0/s1. The SMILES string of the molecule is Cn1ccc(NC(=O)[C@@H]2CCCN2)cc1=O. The molecule has 5 heteroatoms. The Morgan fingerprint density at radius 2 is 2.44 bits per heavy atom. The highest BCUT2D eigenvalue weighted by Crippen LogP contribution is 2.08. The molecule has 5 nitrogen and oxygen atoms in total. The van der Waals surface area contributed by atoms with Crippen molar-refractivity contribution in [2.45, 2.75) is 18.9 Å². The molecule has 1 aliphatic heterocycles. The van der Waals surface area contributed by atoms with Gasteiger partial charge < -0.3 is 15.2 Å². The third-order valence-corrected chi connectivity index (χ3v) is 2.75. The van der Waals surface area contributed by atoms with Gasteiger partial charge in [0.05, 0.1) is 6.04 Å². The molecule has 1 amide bonds. The number of carbonyl (C=O) groups is 1. The Balaban J connectivity index is 2.05. The molecule has 1 atom stereocenters. The summed E-state index contributed by atoms with van der Waals surface area (Å²) in [6.07, 6.45) is 3.52. The third kappa shape index (κ3) is 2.30. The van der Waals surface area contributed by atoms with E-state index in [1.807, 2.05) is 0 Å². The second kappa shape index (κ2) is 4.49. The van der Waals surface area contributed by atoms with Gasteiger partial charge in [-0.15, -0.1) is 0 Å². The van der Waals surface area contributed by atoms with Crippen molar-refractivity contribution in [1.29, 1.82) is 0 Å². The fourth-order valence-corrected chi connectivity index (χ4v) is 1.76. The lowest BCUT2D eigenvalue weighted by atomic mass is 10.2. The summed E-state index contributed by atoms with van der Waals surface area (Å²) in [5, 5.41) is 5.84. The van der Waals surface area contributed by atoms with E-state index < -0.39 is 0 Å². The van der Waals surface area contributed by atoms with E-state index in [4.69, 9.17) is 0 Å². The minimum atomic E-state index is -0.128. The zero-order chi connectivity index (χ0) is 11.5. The van der Waals surface area contributed by atoms with Crippen LogP contribution >= 0.6 is 0 Å².